The number of aromatic nitrogens is 2. The van der Waals surface area contributed by atoms with Crippen molar-refractivity contribution in [2.45, 2.75) is 0 Å². The fraction of sp³-hybridized carbons (Fsp3) is 0. The number of furan rings is 1. The molecular formula is C48H28N2O. The van der Waals surface area contributed by atoms with Gasteiger partial charge in [-0.25, -0.2) is 9.97 Å². The molecule has 0 N–H and O–H groups in total. The molecule has 3 heteroatoms. The third-order valence-electron chi connectivity index (χ3n) is 10.4. The monoisotopic (exact) mass is 648 g/mol. The van der Waals surface area contributed by atoms with Crippen LogP contribution < -0.4 is 0 Å². The summed E-state index contributed by atoms with van der Waals surface area (Å²) < 4.78 is 6.36. The summed E-state index contributed by atoms with van der Waals surface area (Å²) in [5.41, 5.74) is 11.3. The minimum atomic E-state index is 0.915. The van der Waals surface area contributed by atoms with Crippen LogP contribution in [0.4, 0.5) is 0 Å². The van der Waals surface area contributed by atoms with Crippen LogP contribution in [0.1, 0.15) is 0 Å². The van der Waals surface area contributed by atoms with Crippen LogP contribution >= 0.6 is 0 Å². The summed E-state index contributed by atoms with van der Waals surface area (Å²) >= 11 is 0. The predicted molar refractivity (Wildman–Crippen MR) is 213 cm³/mol. The second-order valence-corrected chi connectivity index (χ2v) is 13.4. The number of hydrogen-bond acceptors (Lipinski definition) is 3. The molecule has 0 atom stereocenters. The number of benzene rings is 8. The van der Waals surface area contributed by atoms with Crippen molar-refractivity contribution in [3.8, 4) is 33.5 Å². The Balaban J connectivity index is 1.03. The summed E-state index contributed by atoms with van der Waals surface area (Å²) in [6.45, 7) is 0. The quantitative estimate of drug-likeness (QED) is 0.141. The van der Waals surface area contributed by atoms with Crippen molar-refractivity contribution < 1.29 is 4.42 Å². The number of nitrogens with zero attached hydrogens (tertiary/aromatic N) is 2. The Morgan fingerprint density at radius 1 is 0.373 bits per heavy atom. The van der Waals surface area contributed by atoms with Crippen molar-refractivity contribution in [3.63, 3.8) is 0 Å². The van der Waals surface area contributed by atoms with Crippen LogP contribution in [-0.4, -0.2) is 9.97 Å². The maximum Gasteiger partial charge on any atom is 0.143 e. The molecule has 0 radical (unpaired) electrons. The molecule has 3 nitrogen and oxygen atoms in total. The highest BCUT2D eigenvalue weighted by atomic mass is 16.3. The fourth-order valence-electron chi connectivity index (χ4n) is 7.91. The Morgan fingerprint density at radius 2 is 1.06 bits per heavy atom. The van der Waals surface area contributed by atoms with Gasteiger partial charge in [0.2, 0.25) is 0 Å². The number of rotatable bonds is 3. The largest absolute Gasteiger partial charge is 0.455 e. The second kappa shape index (κ2) is 10.8. The zero-order valence-corrected chi connectivity index (χ0v) is 27.5. The maximum absolute atomic E-state index is 6.36. The molecule has 3 aromatic heterocycles. The van der Waals surface area contributed by atoms with Gasteiger partial charge in [0.25, 0.3) is 0 Å². The molecule has 0 saturated heterocycles. The van der Waals surface area contributed by atoms with Gasteiger partial charge in [0.15, 0.2) is 0 Å². The van der Waals surface area contributed by atoms with E-state index in [-0.39, 0.29) is 0 Å². The van der Waals surface area contributed by atoms with Gasteiger partial charge in [0, 0.05) is 43.6 Å². The van der Waals surface area contributed by atoms with Gasteiger partial charge in [-0.05, 0) is 75.1 Å². The lowest BCUT2D eigenvalue weighted by Gasteiger charge is -2.13. The van der Waals surface area contributed by atoms with Gasteiger partial charge in [-0.2, -0.15) is 0 Å². The summed E-state index contributed by atoms with van der Waals surface area (Å²) in [4.78, 5) is 10.5. The van der Waals surface area contributed by atoms with Crippen LogP contribution in [-0.2, 0) is 0 Å². The van der Waals surface area contributed by atoms with E-state index in [4.69, 9.17) is 14.4 Å². The lowest BCUT2D eigenvalue weighted by atomic mass is 9.95. The van der Waals surface area contributed by atoms with Gasteiger partial charge in [-0.1, -0.05) is 127 Å². The molecule has 0 saturated carbocycles. The highest BCUT2D eigenvalue weighted by Crippen LogP contribution is 2.39. The molecule has 0 amide bonds. The molecule has 3 heterocycles. The average Bonchev–Trinajstić information content (AvgIpc) is 3.58. The van der Waals surface area contributed by atoms with E-state index in [0.29, 0.717) is 0 Å². The van der Waals surface area contributed by atoms with Crippen molar-refractivity contribution in [2.75, 3.05) is 0 Å². The molecule has 51 heavy (non-hydrogen) atoms. The Morgan fingerprint density at radius 3 is 1.92 bits per heavy atom. The van der Waals surface area contributed by atoms with Crippen molar-refractivity contribution in [1.82, 2.24) is 9.97 Å². The fourth-order valence-corrected chi connectivity index (χ4v) is 7.91. The lowest BCUT2D eigenvalue weighted by Crippen LogP contribution is -1.93. The summed E-state index contributed by atoms with van der Waals surface area (Å²) in [6.07, 6.45) is 0. The highest BCUT2D eigenvalue weighted by Gasteiger charge is 2.16. The Bertz CT molecular complexity index is 3190. The lowest BCUT2D eigenvalue weighted by molar-refractivity contribution is 0.670. The molecule has 11 aromatic rings. The Labute approximate surface area is 293 Å². The average molecular weight is 649 g/mol. The van der Waals surface area contributed by atoms with E-state index in [2.05, 4.69) is 158 Å². The van der Waals surface area contributed by atoms with Gasteiger partial charge in [-0.3, -0.25) is 0 Å². The van der Waals surface area contributed by atoms with Crippen LogP contribution in [0, 0.1) is 0 Å². The van der Waals surface area contributed by atoms with Crippen molar-refractivity contribution >= 4 is 76.2 Å². The van der Waals surface area contributed by atoms with Crippen molar-refractivity contribution in [3.05, 3.63) is 170 Å². The standard InChI is InChI=1S/C48H28N2O/c1-2-9-29(10-3-1)45-40-12-4-6-15-43(40)50-47-41(45)23-21-30-22-24-42(49-46(30)47)34-20-18-32-25-35-27-33(19-17-31(35)26-36(32)28-34)37-13-8-14-39-38-11-5-7-16-44(38)51-48(37)39/h1-28H. The summed E-state index contributed by atoms with van der Waals surface area (Å²) in [5, 5.41) is 10.4. The highest BCUT2D eigenvalue weighted by molar-refractivity contribution is 6.16. The first-order valence-corrected chi connectivity index (χ1v) is 17.3. The number of para-hydroxylation sites is 3. The van der Waals surface area contributed by atoms with Gasteiger partial charge >= 0.3 is 0 Å². The number of hydrogen-bond donors (Lipinski definition) is 0. The first-order chi connectivity index (χ1) is 25.2. The third-order valence-corrected chi connectivity index (χ3v) is 10.4. The minimum absolute atomic E-state index is 0.915. The zero-order valence-electron chi connectivity index (χ0n) is 27.5. The molecule has 0 aliphatic carbocycles. The van der Waals surface area contributed by atoms with Gasteiger partial charge < -0.3 is 4.42 Å². The van der Waals surface area contributed by atoms with E-state index in [1.165, 1.54) is 32.7 Å². The molecule has 0 aliphatic rings. The van der Waals surface area contributed by atoms with Crippen LogP contribution in [0.25, 0.3) is 110 Å². The van der Waals surface area contributed by atoms with Crippen LogP contribution in [0.15, 0.2) is 174 Å². The van der Waals surface area contributed by atoms with Crippen molar-refractivity contribution in [2.24, 2.45) is 0 Å². The van der Waals surface area contributed by atoms with E-state index in [0.717, 1.165) is 77.0 Å². The van der Waals surface area contributed by atoms with Gasteiger partial charge in [0.05, 0.1) is 22.2 Å². The summed E-state index contributed by atoms with van der Waals surface area (Å²) in [7, 11) is 0. The Kier molecular flexibility index (Phi) is 5.96. The minimum Gasteiger partial charge on any atom is -0.455 e. The van der Waals surface area contributed by atoms with Crippen LogP contribution in [0.3, 0.4) is 0 Å². The molecule has 0 spiro atoms. The first-order valence-electron chi connectivity index (χ1n) is 17.3. The van der Waals surface area contributed by atoms with Gasteiger partial charge in [0.1, 0.15) is 11.2 Å². The topological polar surface area (TPSA) is 38.9 Å². The number of fused-ring (bicyclic) bond motifs is 9. The molecule has 236 valence electrons. The third kappa shape index (κ3) is 4.38. The van der Waals surface area contributed by atoms with E-state index >= 15 is 0 Å². The number of pyridine rings is 2. The maximum atomic E-state index is 6.36. The molecule has 0 unspecified atom stereocenters. The molecule has 0 bridgehead atoms. The van der Waals surface area contributed by atoms with Crippen molar-refractivity contribution in [1.29, 1.82) is 0 Å². The summed E-state index contributed by atoms with van der Waals surface area (Å²) in [6, 6.07) is 60.3. The van der Waals surface area contributed by atoms with Crippen LogP contribution in [0.2, 0.25) is 0 Å². The smallest absolute Gasteiger partial charge is 0.143 e. The van der Waals surface area contributed by atoms with E-state index in [1.54, 1.807) is 0 Å². The normalized spacial score (nSPS) is 11.9. The van der Waals surface area contributed by atoms with E-state index < -0.39 is 0 Å². The first kappa shape index (κ1) is 28.0. The molecule has 0 fully saturated rings. The second-order valence-electron chi connectivity index (χ2n) is 13.4. The van der Waals surface area contributed by atoms with Crippen LogP contribution in [0.5, 0.6) is 0 Å². The zero-order chi connectivity index (χ0) is 33.5. The Hall–Kier alpha value is -6.84. The van der Waals surface area contributed by atoms with E-state index in [9.17, 15) is 0 Å². The molecule has 8 aromatic carbocycles. The van der Waals surface area contributed by atoms with E-state index in [1.807, 2.05) is 12.1 Å². The SMILES string of the molecule is c1ccc(-c2c3ccccc3nc3c2ccc2ccc(-c4ccc5cc6cc(-c7cccc8c7oc7ccccc78)ccc6cc5c4)nc23)cc1. The molecule has 0 aliphatic heterocycles. The van der Waals surface area contributed by atoms with Gasteiger partial charge in [-0.15, -0.1) is 0 Å². The molecular weight excluding hydrogens is 621 g/mol. The summed E-state index contributed by atoms with van der Waals surface area (Å²) in [5.74, 6) is 0. The molecule has 11 rings (SSSR count). The predicted octanol–water partition coefficient (Wildman–Crippen LogP) is 13.1.